The van der Waals surface area contributed by atoms with Crippen LogP contribution in [0, 0.1) is 0 Å². The molecule has 0 heterocycles. The summed E-state index contributed by atoms with van der Waals surface area (Å²) in [4.78, 5) is 0.874. The van der Waals surface area contributed by atoms with Gasteiger partial charge in [-0.3, -0.25) is 13.5 Å². The van der Waals surface area contributed by atoms with Crippen molar-refractivity contribution < 1.29 is 68.4 Å². The Morgan fingerprint density at radius 3 is 1.83 bits per heavy atom. The molecule has 0 saturated heterocycles. The SMILES string of the molecule is CCN(CC)c1ccc(/N=N/c2ccc(NS(=O)(=O)c3ccc(/N=N/c4c(S(=O)(=O)O)cc5cc(SOOO)c(/N=N/c6ccc(S(=O)(=O)CCOSOOO)cc6)c(O)c5c4N)cc3)cc2)c(N)c1. The summed E-state index contributed by atoms with van der Waals surface area (Å²) in [5.74, 6) is -1.19. The topological polar surface area (TPSA) is 371 Å². The number of hydrogen-bond donors (Lipinski definition) is 7. The third kappa shape index (κ3) is 13.3. The van der Waals surface area contributed by atoms with E-state index in [1.165, 1.54) is 66.7 Å². The lowest BCUT2D eigenvalue weighted by Gasteiger charge is -2.21. The van der Waals surface area contributed by atoms with Crippen molar-refractivity contribution in [2.24, 2.45) is 30.7 Å². The van der Waals surface area contributed by atoms with E-state index in [2.05, 4.69) is 59.1 Å². The van der Waals surface area contributed by atoms with E-state index >= 15 is 0 Å². The van der Waals surface area contributed by atoms with Gasteiger partial charge in [-0.1, -0.05) is 10.1 Å². The van der Waals surface area contributed by atoms with Crippen LogP contribution in [0.3, 0.4) is 0 Å². The smallest absolute Gasteiger partial charge is 0.296 e. The van der Waals surface area contributed by atoms with E-state index < -0.39 is 57.8 Å². The van der Waals surface area contributed by atoms with Crippen molar-refractivity contribution in [2.75, 3.05) is 46.5 Å². The van der Waals surface area contributed by atoms with Crippen LogP contribution in [0.5, 0.6) is 5.75 Å². The van der Waals surface area contributed by atoms with Gasteiger partial charge in [-0.2, -0.15) is 23.8 Å². The van der Waals surface area contributed by atoms with E-state index in [0.29, 0.717) is 29.1 Å². The Hall–Kier alpha value is -6.39. The number of azo groups is 3. The van der Waals surface area contributed by atoms with Gasteiger partial charge in [0.1, 0.15) is 22.0 Å². The molecule has 370 valence electrons. The van der Waals surface area contributed by atoms with Crippen LogP contribution in [0.2, 0.25) is 0 Å². The summed E-state index contributed by atoms with van der Waals surface area (Å²) >= 11 is 0.518. The first-order valence-electron chi connectivity index (χ1n) is 19.8. The molecule has 9 N–H and O–H groups in total. The molecular formula is C40H40N10O15S5. The van der Waals surface area contributed by atoms with Gasteiger partial charge in [0.2, 0.25) is 0 Å². The molecule has 0 bridgehead atoms. The van der Waals surface area contributed by atoms with Gasteiger partial charge in [-0.15, -0.1) is 24.0 Å². The van der Waals surface area contributed by atoms with E-state index in [-0.39, 0.29) is 67.1 Å². The molecule has 70 heavy (non-hydrogen) atoms. The third-order valence-corrected chi connectivity index (χ3v) is 14.7. The van der Waals surface area contributed by atoms with Gasteiger partial charge >= 0.3 is 0 Å². The second-order valence-corrected chi connectivity index (χ2v) is 20.4. The number of phenols is 1. The molecule has 30 heteroatoms. The molecule has 25 nitrogen and oxygen atoms in total. The van der Waals surface area contributed by atoms with Crippen molar-refractivity contribution >= 4 is 122 Å². The number of nitrogens with two attached hydrogens (primary N) is 2. The Kier molecular flexibility index (Phi) is 17.8. The minimum absolute atomic E-state index is 0.0123. The zero-order chi connectivity index (χ0) is 50.6. The molecule has 0 spiro atoms. The summed E-state index contributed by atoms with van der Waals surface area (Å²) in [7, 11) is -13.1. The van der Waals surface area contributed by atoms with Crippen LogP contribution < -0.4 is 21.1 Å². The van der Waals surface area contributed by atoms with E-state index in [9.17, 15) is 34.9 Å². The average molecular weight is 1060 g/mol. The predicted octanol–water partition coefficient (Wildman–Crippen LogP) is 10.1. The fraction of sp³-hybridized carbons (Fsp3) is 0.150. The number of nitrogens with zero attached hydrogens (tertiary/aromatic N) is 7. The number of sulfonamides is 1. The number of sulfone groups is 1. The lowest BCUT2D eigenvalue weighted by atomic mass is 10.1. The lowest BCUT2D eigenvalue weighted by molar-refractivity contribution is -0.434. The molecule has 6 aromatic carbocycles. The number of benzene rings is 6. The van der Waals surface area contributed by atoms with Crippen LogP contribution in [-0.4, -0.2) is 70.9 Å². The first kappa shape index (κ1) is 53.0. The number of nitrogens with one attached hydrogen (secondary N) is 1. The first-order valence-corrected chi connectivity index (χ1v) is 25.8. The van der Waals surface area contributed by atoms with Gasteiger partial charge in [0, 0.05) is 24.5 Å². The lowest BCUT2D eigenvalue weighted by Crippen LogP contribution is -2.21. The number of rotatable bonds is 23. The Morgan fingerprint density at radius 1 is 0.686 bits per heavy atom. The number of anilines is 4. The van der Waals surface area contributed by atoms with Gasteiger partial charge in [0.05, 0.1) is 72.9 Å². The van der Waals surface area contributed by atoms with E-state index in [1.807, 2.05) is 26.0 Å². The van der Waals surface area contributed by atoms with Gasteiger partial charge < -0.3 is 21.5 Å². The average Bonchev–Trinajstić information content (AvgIpc) is 3.33. The number of nitrogen functional groups attached to an aromatic ring is 2. The summed E-state index contributed by atoms with van der Waals surface area (Å²) in [5, 5.41) is 59.6. The molecule has 6 rings (SSSR count). The number of fused-ring (bicyclic) bond motifs is 1. The van der Waals surface area contributed by atoms with E-state index in [4.69, 9.17) is 26.2 Å². The van der Waals surface area contributed by atoms with Crippen molar-refractivity contribution in [3.63, 3.8) is 0 Å². The molecule has 0 aliphatic heterocycles. The molecule has 0 radical (unpaired) electrons. The van der Waals surface area contributed by atoms with Crippen LogP contribution in [-0.2, 0) is 52.9 Å². The standard InChI is InChI=1S/C40H40N10O15S5/c1-3-50(4-2)29-13-18-33(32(41)23-29)46-43-25-5-7-28(8-6-25)49-69(56,57)31-16-11-27(12-17-31)45-48-39-35(70(58,59)60)22-24-21-34(66-64-62-52)38(40(51)36(24)37(39)42)47-44-26-9-14-30(15-10-26)68(54,55)20-19-61-67-65-63-53/h5-18,21-23,49,51-53H,3-4,19-20,41-42H2,1-2H3,(H,58,59,60)/b46-43+,47-44+,48-45+. The Labute approximate surface area is 407 Å². The van der Waals surface area contributed by atoms with Crippen LogP contribution in [0.1, 0.15) is 13.8 Å². The number of aromatic hydroxyl groups is 1. The summed E-state index contributed by atoms with van der Waals surface area (Å²) in [6.07, 6.45) is 0. The second kappa shape index (κ2) is 23.5. The third-order valence-electron chi connectivity index (χ3n) is 9.69. The molecule has 0 unspecified atom stereocenters. The highest BCUT2D eigenvalue weighted by atomic mass is 32.2. The second-order valence-electron chi connectivity index (χ2n) is 14.0. The Bertz CT molecular complexity index is 3260. The van der Waals surface area contributed by atoms with Gasteiger partial charge in [0.15, 0.2) is 27.9 Å². The van der Waals surface area contributed by atoms with Crippen molar-refractivity contribution in [1.82, 2.24) is 0 Å². The monoisotopic (exact) mass is 1060 g/mol. The minimum atomic E-state index is -5.09. The van der Waals surface area contributed by atoms with Crippen molar-refractivity contribution in [3.8, 4) is 5.75 Å². The van der Waals surface area contributed by atoms with Crippen molar-refractivity contribution in [2.45, 2.75) is 33.4 Å². The van der Waals surface area contributed by atoms with Crippen LogP contribution in [0.15, 0.2) is 153 Å². The molecule has 0 fully saturated rings. The van der Waals surface area contributed by atoms with Gasteiger partial charge in [-0.25, -0.2) is 27.4 Å². The first-order chi connectivity index (χ1) is 33.4. The Morgan fingerprint density at radius 2 is 1.26 bits per heavy atom. The molecule has 0 aliphatic rings. The van der Waals surface area contributed by atoms with Crippen molar-refractivity contribution in [3.05, 3.63) is 103 Å². The molecule has 6 aromatic rings. The van der Waals surface area contributed by atoms with Gasteiger partial charge in [0.25, 0.3) is 20.1 Å². The van der Waals surface area contributed by atoms with Crippen molar-refractivity contribution in [1.29, 1.82) is 0 Å². The predicted molar refractivity (Wildman–Crippen MR) is 258 cm³/mol. The highest BCUT2D eigenvalue weighted by Gasteiger charge is 2.26. The maximum atomic E-state index is 13.3. The fourth-order valence-corrected chi connectivity index (χ4v) is 9.95. The van der Waals surface area contributed by atoms with Crippen LogP contribution in [0.4, 0.5) is 56.9 Å². The molecule has 0 aliphatic carbocycles. The summed E-state index contributed by atoms with van der Waals surface area (Å²) in [6, 6.07) is 23.7. The van der Waals surface area contributed by atoms with E-state index in [0.717, 1.165) is 24.8 Å². The maximum Gasteiger partial charge on any atom is 0.296 e. The molecule has 0 atom stereocenters. The largest absolute Gasteiger partial charge is 0.505 e. The Balaban J connectivity index is 1.22. The fourth-order valence-electron chi connectivity index (χ4n) is 6.32. The summed E-state index contributed by atoms with van der Waals surface area (Å²) in [6.45, 7) is 5.39. The van der Waals surface area contributed by atoms with E-state index in [1.54, 1.807) is 18.2 Å². The van der Waals surface area contributed by atoms with Gasteiger partial charge in [-0.05, 0) is 122 Å². The summed E-state index contributed by atoms with van der Waals surface area (Å²) < 4.78 is 103. The minimum Gasteiger partial charge on any atom is -0.505 e. The summed E-state index contributed by atoms with van der Waals surface area (Å²) in [5.41, 5.74) is 13.7. The highest BCUT2D eigenvalue weighted by molar-refractivity contribution is 7.94. The zero-order valence-electron chi connectivity index (χ0n) is 36.2. The van der Waals surface area contributed by atoms with Crippen LogP contribution >= 0.6 is 24.4 Å². The van der Waals surface area contributed by atoms with Crippen LogP contribution in [0.25, 0.3) is 10.8 Å². The highest BCUT2D eigenvalue weighted by Crippen LogP contribution is 2.49. The molecular weight excluding hydrogens is 1020 g/mol. The molecule has 0 saturated carbocycles. The maximum absolute atomic E-state index is 13.3. The molecule has 0 amide bonds. The molecule has 0 aromatic heterocycles. The number of hydrogen-bond acceptors (Lipinski definition) is 25. The zero-order valence-corrected chi connectivity index (χ0v) is 40.3. The number of phenolic OH excluding ortho intramolecular Hbond substituents is 1. The normalized spacial score (nSPS) is 12.5. The quantitative estimate of drug-likeness (QED) is 0.00596.